The average Bonchev–Trinajstić information content (AvgIpc) is 2.99. The van der Waals surface area contributed by atoms with Crippen LogP contribution in [-0.4, -0.2) is 30.5 Å². The van der Waals surface area contributed by atoms with Crippen LogP contribution in [0.1, 0.15) is 23.3 Å². The molecule has 1 unspecified atom stereocenters. The quantitative estimate of drug-likeness (QED) is 0.859. The lowest BCUT2D eigenvalue weighted by Crippen LogP contribution is -2.27. The first-order chi connectivity index (χ1) is 10.2. The summed E-state index contributed by atoms with van der Waals surface area (Å²) >= 11 is 5.96. The third kappa shape index (κ3) is 5.21. The van der Waals surface area contributed by atoms with Gasteiger partial charge in [0.2, 0.25) is 0 Å². The van der Waals surface area contributed by atoms with Gasteiger partial charge in [-0.05, 0) is 50.0 Å². The van der Waals surface area contributed by atoms with Crippen molar-refractivity contribution in [3.05, 3.63) is 41.0 Å². The highest BCUT2D eigenvalue weighted by Crippen LogP contribution is 2.18. The molecule has 1 fully saturated rings. The first kappa shape index (κ1) is 20.0. The van der Waals surface area contributed by atoms with E-state index < -0.39 is 0 Å². The van der Waals surface area contributed by atoms with Crippen molar-refractivity contribution < 1.29 is 4.79 Å². The van der Waals surface area contributed by atoms with E-state index in [1.807, 2.05) is 18.2 Å². The van der Waals surface area contributed by atoms with E-state index in [1.54, 1.807) is 12.1 Å². The molecule has 4 nitrogen and oxygen atoms in total. The number of hydrogen-bond donors (Lipinski definition) is 2. The van der Waals surface area contributed by atoms with Gasteiger partial charge < -0.3 is 10.6 Å². The summed E-state index contributed by atoms with van der Waals surface area (Å²) in [5, 5.41) is 7.88. The van der Waals surface area contributed by atoms with Crippen LogP contribution >= 0.6 is 36.4 Å². The highest BCUT2D eigenvalue weighted by Gasteiger charge is 2.15. The topological polar surface area (TPSA) is 54.0 Å². The van der Waals surface area contributed by atoms with Crippen molar-refractivity contribution in [3.63, 3.8) is 0 Å². The molecule has 23 heavy (non-hydrogen) atoms. The molecule has 1 aliphatic heterocycles. The molecule has 1 aromatic carbocycles. The van der Waals surface area contributed by atoms with Gasteiger partial charge in [-0.25, -0.2) is 4.98 Å². The number of nitrogens with zero attached hydrogens (tertiary/aromatic N) is 1. The number of fused-ring (bicyclic) bond motifs is 1. The monoisotopic (exact) mass is 375 g/mol. The average molecular weight is 377 g/mol. The molecule has 1 saturated heterocycles. The zero-order valence-electron chi connectivity index (χ0n) is 12.5. The maximum absolute atomic E-state index is 12.1. The Balaban J connectivity index is 0.00000132. The molecule has 3 rings (SSSR count). The molecule has 126 valence electrons. The summed E-state index contributed by atoms with van der Waals surface area (Å²) in [6.45, 7) is 2.84. The Labute approximate surface area is 153 Å². The molecule has 2 aromatic rings. The molecule has 1 aromatic heterocycles. The molecular weight excluding hydrogens is 357 g/mol. The number of carbonyl (C=O) groups is 1. The Bertz CT molecular complexity index is 660. The normalized spacial score (nSPS) is 16.5. The first-order valence-corrected chi connectivity index (χ1v) is 7.65. The van der Waals surface area contributed by atoms with Crippen LogP contribution in [0.3, 0.4) is 0 Å². The van der Waals surface area contributed by atoms with E-state index in [-0.39, 0.29) is 30.7 Å². The maximum atomic E-state index is 12.1. The first-order valence-electron chi connectivity index (χ1n) is 7.27. The van der Waals surface area contributed by atoms with E-state index in [9.17, 15) is 4.79 Å². The fourth-order valence-electron chi connectivity index (χ4n) is 2.66. The minimum atomic E-state index is -0.122. The van der Waals surface area contributed by atoms with Crippen molar-refractivity contribution in [1.29, 1.82) is 0 Å². The Morgan fingerprint density at radius 3 is 2.83 bits per heavy atom. The Morgan fingerprint density at radius 1 is 1.30 bits per heavy atom. The van der Waals surface area contributed by atoms with Gasteiger partial charge in [0.05, 0.1) is 5.52 Å². The predicted molar refractivity (Wildman–Crippen MR) is 99.2 cm³/mol. The van der Waals surface area contributed by atoms with Gasteiger partial charge in [0, 0.05) is 17.0 Å². The Kier molecular flexibility index (Phi) is 8.06. The van der Waals surface area contributed by atoms with E-state index in [0.29, 0.717) is 23.2 Å². The largest absolute Gasteiger partial charge is 0.351 e. The van der Waals surface area contributed by atoms with Crippen molar-refractivity contribution in [1.82, 2.24) is 15.6 Å². The highest BCUT2D eigenvalue weighted by atomic mass is 35.5. The van der Waals surface area contributed by atoms with Crippen molar-refractivity contribution in [3.8, 4) is 0 Å². The van der Waals surface area contributed by atoms with Gasteiger partial charge in [0.1, 0.15) is 5.69 Å². The number of hydrogen-bond acceptors (Lipinski definition) is 3. The van der Waals surface area contributed by atoms with Crippen LogP contribution in [0, 0.1) is 5.92 Å². The lowest BCUT2D eigenvalue weighted by atomic mass is 10.1. The van der Waals surface area contributed by atoms with Crippen molar-refractivity contribution in [2.75, 3.05) is 19.6 Å². The summed E-state index contributed by atoms with van der Waals surface area (Å²) in [4.78, 5) is 16.5. The minimum Gasteiger partial charge on any atom is -0.351 e. The minimum absolute atomic E-state index is 0. The van der Waals surface area contributed by atoms with E-state index in [1.165, 1.54) is 6.42 Å². The van der Waals surface area contributed by atoms with Gasteiger partial charge in [-0.3, -0.25) is 4.79 Å². The van der Waals surface area contributed by atoms with Crippen LogP contribution in [0.5, 0.6) is 0 Å². The predicted octanol–water partition coefficient (Wildman–Crippen LogP) is 3.46. The fraction of sp³-hybridized carbons (Fsp3) is 0.375. The van der Waals surface area contributed by atoms with Gasteiger partial charge in [-0.2, -0.15) is 0 Å². The fourth-order valence-corrected chi connectivity index (χ4v) is 2.82. The zero-order chi connectivity index (χ0) is 14.7. The number of amides is 1. The van der Waals surface area contributed by atoms with Crippen molar-refractivity contribution >= 4 is 53.2 Å². The van der Waals surface area contributed by atoms with Gasteiger partial charge in [0.25, 0.3) is 5.91 Å². The van der Waals surface area contributed by atoms with Gasteiger partial charge in [0.15, 0.2) is 0 Å². The number of pyridine rings is 1. The summed E-state index contributed by atoms with van der Waals surface area (Å²) in [5.41, 5.74) is 1.18. The zero-order valence-corrected chi connectivity index (χ0v) is 14.9. The molecule has 0 bridgehead atoms. The van der Waals surface area contributed by atoms with Crippen LogP contribution in [0.2, 0.25) is 5.02 Å². The molecule has 0 radical (unpaired) electrons. The summed E-state index contributed by atoms with van der Waals surface area (Å²) < 4.78 is 0. The molecule has 1 aliphatic rings. The number of halogens is 3. The second-order valence-electron chi connectivity index (χ2n) is 5.44. The van der Waals surface area contributed by atoms with Crippen LogP contribution in [0.15, 0.2) is 30.3 Å². The summed E-state index contributed by atoms with van der Waals surface area (Å²) in [7, 11) is 0. The second kappa shape index (κ2) is 9.28. The number of nitrogens with one attached hydrogen (secondary N) is 2. The van der Waals surface area contributed by atoms with Crippen molar-refractivity contribution in [2.45, 2.75) is 12.8 Å². The van der Waals surface area contributed by atoms with E-state index in [0.717, 1.165) is 30.4 Å². The maximum Gasteiger partial charge on any atom is 0.269 e. The third-order valence-corrected chi connectivity index (χ3v) is 4.12. The molecule has 7 heteroatoms. The molecule has 1 atom stereocenters. The van der Waals surface area contributed by atoms with Crippen molar-refractivity contribution in [2.24, 2.45) is 5.92 Å². The third-order valence-electron chi connectivity index (χ3n) is 3.89. The second-order valence-corrected chi connectivity index (χ2v) is 5.87. The van der Waals surface area contributed by atoms with E-state index >= 15 is 0 Å². The van der Waals surface area contributed by atoms with E-state index in [4.69, 9.17) is 11.6 Å². The Hall–Kier alpha value is -1.07. The summed E-state index contributed by atoms with van der Waals surface area (Å²) in [5.74, 6) is 0.552. The highest BCUT2D eigenvalue weighted by molar-refractivity contribution is 6.31. The van der Waals surface area contributed by atoms with Crippen LogP contribution in [-0.2, 0) is 0 Å². The number of rotatable bonds is 4. The molecule has 0 aliphatic carbocycles. The SMILES string of the molecule is Cl.Cl.O=C(NCCC1CCNC1)c1ccc2ccc(Cl)cc2n1. The summed E-state index contributed by atoms with van der Waals surface area (Å²) in [6.07, 6.45) is 2.21. The lowest BCUT2D eigenvalue weighted by molar-refractivity contribution is 0.0947. The number of carbonyl (C=O) groups excluding carboxylic acids is 1. The van der Waals surface area contributed by atoms with E-state index in [2.05, 4.69) is 15.6 Å². The molecule has 0 spiro atoms. The number of aromatic nitrogens is 1. The molecule has 2 N–H and O–H groups in total. The Morgan fingerprint density at radius 2 is 2.09 bits per heavy atom. The molecular formula is C16H20Cl3N3O. The number of benzene rings is 1. The summed E-state index contributed by atoms with van der Waals surface area (Å²) in [6, 6.07) is 9.15. The van der Waals surface area contributed by atoms with Gasteiger partial charge >= 0.3 is 0 Å². The molecule has 1 amide bonds. The van der Waals surface area contributed by atoms with Crippen LogP contribution < -0.4 is 10.6 Å². The molecule has 2 heterocycles. The van der Waals surface area contributed by atoms with Gasteiger partial charge in [-0.1, -0.05) is 23.7 Å². The van der Waals surface area contributed by atoms with Gasteiger partial charge in [-0.15, -0.1) is 24.8 Å². The molecule has 0 saturated carbocycles. The lowest BCUT2D eigenvalue weighted by Gasteiger charge is -2.09. The van der Waals surface area contributed by atoms with Crippen LogP contribution in [0.4, 0.5) is 0 Å². The standard InChI is InChI=1S/C16H18ClN3O.2ClH/c17-13-3-1-12-2-4-14(20-15(12)9-13)16(21)19-8-6-11-5-7-18-10-11;;/h1-4,9,11,18H,5-8,10H2,(H,19,21);2*1H. The smallest absolute Gasteiger partial charge is 0.269 e. The van der Waals surface area contributed by atoms with Crippen LogP contribution in [0.25, 0.3) is 10.9 Å².